The summed E-state index contributed by atoms with van der Waals surface area (Å²) in [5.74, 6) is -2.24. The van der Waals surface area contributed by atoms with Gasteiger partial charge in [0.05, 0.1) is 23.5 Å². The SMILES string of the molecule is N#CC(NC(=O)c1cnn(-c2ccccc2)c1)c1ccc(F)cc1F. The Bertz CT molecular complexity index is 947. The number of nitrogens with one attached hydrogen (secondary N) is 1. The molecule has 0 radical (unpaired) electrons. The maximum absolute atomic E-state index is 13.8. The van der Waals surface area contributed by atoms with Crippen LogP contribution in [0.1, 0.15) is 22.0 Å². The smallest absolute Gasteiger partial charge is 0.255 e. The number of halogens is 2. The van der Waals surface area contributed by atoms with Crippen molar-refractivity contribution in [3.05, 3.63) is 83.7 Å². The summed E-state index contributed by atoms with van der Waals surface area (Å²) in [6.45, 7) is 0. The van der Waals surface area contributed by atoms with E-state index < -0.39 is 23.6 Å². The predicted octanol–water partition coefficient (Wildman–Crippen LogP) is 3.15. The second-order valence-electron chi connectivity index (χ2n) is 5.21. The van der Waals surface area contributed by atoms with Crippen LogP contribution in [0.15, 0.2) is 60.9 Å². The zero-order valence-electron chi connectivity index (χ0n) is 12.9. The number of nitrogens with zero attached hydrogens (tertiary/aromatic N) is 3. The molecule has 1 N–H and O–H groups in total. The predicted molar refractivity (Wildman–Crippen MR) is 85.7 cm³/mol. The van der Waals surface area contributed by atoms with Crippen molar-refractivity contribution in [1.82, 2.24) is 15.1 Å². The molecule has 0 fully saturated rings. The van der Waals surface area contributed by atoms with Crippen LogP contribution in [-0.2, 0) is 0 Å². The van der Waals surface area contributed by atoms with Crippen LogP contribution < -0.4 is 5.32 Å². The average Bonchev–Trinajstić information content (AvgIpc) is 3.11. The summed E-state index contributed by atoms with van der Waals surface area (Å²) in [5.41, 5.74) is 0.877. The molecule has 2 aromatic carbocycles. The molecule has 1 unspecified atom stereocenters. The monoisotopic (exact) mass is 338 g/mol. The summed E-state index contributed by atoms with van der Waals surface area (Å²) < 4.78 is 28.3. The minimum absolute atomic E-state index is 0.104. The lowest BCUT2D eigenvalue weighted by molar-refractivity contribution is 0.0944. The van der Waals surface area contributed by atoms with Gasteiger partial charge in [-0.2, -0.15) is 10.4 Å². The minimum Gasteiger partial charge on any atom is -0.332 e. The average molecular weight is 338 g/mol. The molecular weight excluding hydrogens is 326 g/mol. The van der Waals surface area contributed by atoms with Crippen LogP contribution in [-0.4, -0.2) is 15.7 Å². The molecule has 0 aliphatic heterocycles. The van der Waals surface area contributed by atoms with Gasteiger partial charge >= 0.3 is 0 Å². The van der Waals surface area contributed by atoms with Gasteiger partial charge in [0.1, 0.15) is 17.7 Å². The maximum Gasteiger partial charge on any atom is 0.255 e. The van der Waals surface area contributed by atoms with Crippen LogP contribution in [0.4, 0.5) is 8.78 Å². The normalized spacial score (nSPS) is 11.6. The molecule has 5 nitrogen and oxygen atoms in total. The summed E-state index contributed by atoms with van der Waals surface area (Å²) in [6.07, 6.45) is 2.85. The van der Waals surface area contributed by atoms with E-state index in [1.165, 1.54) is 17.1 Å². The largest absolute Gasteiger partial charge is 0.332 e. The molecule has 1 heterocycles. The number of rotatable bonds is 4. The summed E-state index contributed by atoms with van der Waals surface area (Å²) >= 11 is 0. The van der Waals surface area contributed by atoms with Crippen molar-refractivity contribution in [3.8, 4) is 11.8 Å². The molecule has 3 rings (SSSR count). The van der Waals surface area contributed by atoms with Gasteiger partial charge in [-0.05, 0) is 18.2 Å². The lowest BCUT2D eigenvalue weighted by Crippen LogP contribution is -2.28. The molecule has 0 saturated carbocycles. The Balaban J connectivity index is 1.79. The fourth-order valence-corrected chi connectivity index (χ4v) is 2.29. The highest BCUT2D eigenvalue weighted by molar-refractivity contribution is 5.94. The summed E-state index contributed by atoms with van der Waals surface area (Å²) in [7, 11) is 0. The van der Waals surface area contributed by atoms with E-state index >= 15 is 0 Å². The number of benzene rings is 2. The molecule has 124 valence electrons. The summed E-state index contributed by atoms with van der Waals surface area (Å²) in [6, 6.07) is 12.5. The minimum atomic E-state index is -1.24. The molecule has 1 aromatic heterocycles. The number of para-hydroxylation sites is 1. The molecule has 0 bridgehead atoms. The number of hydrogen-bond donors (Lipinski definition) is 1. The summed E-state index contributed by atoms with van der Waals surface area (Å²) in [5, 5.41) is 15.7. The third kappa shape index (κ3) is 3.53. The molecule has 0 spiro atoms. The van der Waals surface area contributed by atoms with E-state index in [0.29, 0.717) is 6.07 Å². The van der Waals surface area contributed by atoms with E-state index in [0.717, 1.165) is 17.8 Å². The first-order valence-corrected chi connectivity index (χ1v) is 7.34. The Morgan fingerprint density at radius 2 is 1.96 bits per heavy atom. The van der Waals surface area contributed by atoms with Gasteiger partial charge in [0, 0.05) is 17.8 Å². The fourth-order valence-electron chi connectivity index (χ4n) is 2.29. The zero-order valence-corrected chi connectivity index (χ0v) is 12.9. The number of nitriles is 1. The maximum atomic E-state index is 13.8. The van der Waals surface area contributed by atoms with Crippen molar-refractivity contribution in [2.24, 2.45) is 0 Å². The van der Waals surface area contributed by atoms with Crippen molar-refractivity contribution in [2.45, 2.75) is 6.04 Å². The second kappa shape index (κ2) is 6.93. The van der Waals surface area contributed by atoms with E-state index in [4.69, 9.17) is 0 Å². The lowest BCUT2D eigenvalue weighted by atomic mass is 10.1. The van der Waals surface area contributed by atoms with Gasteiger partial charge in [-0.1, -0.05) is 24.3 Å². The van der Waals surface area contributed by atoms with Gasteiger partial charge in [-0.3, -0.25) is 4.79 Å². The molecule has 25 heavy (non-hydrogen) atoms. The van der Waals surface area contributed by atoms with Crippen LogP contribution in [0.3, 0.4) is 0 Å². The van der Waals surface area contributed by atoms with E-state index in [2.05, 4.69) is 10.4 Å². The molecule has 1 atom stereocenters. The van der Waals surface area contributed by atoms with Gasteiger partial charge in [-0.15, -0.1) is 0 Å². The van der Waals surface area contributed by atoms with Crippen molar-refractivity contribution in [1.29, 1.82) is 5.26 Å². The van der Waals surface area contributed by atoms with Crippen LogP contribution in [0.2, 0.25) is 0 Å². The fraction of sp³-hybridized carbons (Fsp3) is 0.0556. The number of amides is 1. The van der Waals surface area contributed by atoms with Crippen LogP contribution in [0, 0.1) is 23.0 Å². The van der Waals surface area contributed by atoms with Crippen molar-refractivity contribution < 1.29 is 13.6 Å². The van der Waals surface area contributed by atoms with E-state index in [1.807, 2.05) is 30.3 Å². The van der Waals surface area contributed by atoms with E-state index in [1.54, 1.807) is 6.07 Å². The van der Waals surface area contributed by atoms with Crippen molar-refractivity contribution in [3.63, 3.8) is 0 Å². The molecule has 7 heteroatoms. The Kier molecular flexibility index (Phi) is 4.53. The molecule has 0 aliphatic rings. The Morgan fingerprint density at radius 3 is 2.64 bits per heavy atom. The van der Waals surface area contributed by atoms with Crippen LogP contribution in [0.5, 0.6) is 0 Å². The van der Waals surface area contributed by atoms with Crippen molar-refractivity contribution >= 4 is 5.91 Å². The molecule has 0 aliphatic carbocycles. The number of carbonyl (C=O) groups is 1. The highest BCUT2D eigenvalue weighted by atomic mass is 19.1. The first-order valence-electron chi connectivity index (χ1n) is 7.34. The van der Waals surface area contributed by atoms with Gasteiger partial charge < -0.3 is 5.32 Å². The number of hydrogen-bond acceptors (Lipinski definition) is 3. The molecule has 1 amide bonds. The van der Waals surface area contributed by atoms with Gasteiger partial charge in [-0.25, -0.2) is 13.5 Å². The molecule has 0 saturated heterocycles. The first-order chi connectivity index (χ1) is 12.1. The lowest BCUT2D eigenvalue weighted by Gasteiger charge is -2.12. The highest BCUT2D eigenvalue weighted by Crippen LogP contribution is 2.18. The third-order valence-electron chi connectivity index (χ3n) is 3.54. The first kappa shape index (κ1) is 16.3. The Hall–Kier alpha value is -3.53. The molecule has 3 aromatic rings. The second-order valence-corrected chi connectivity index (χ2v) is 5.21. The highest BCUT2D eigenvalue weighted by Gasteiger charge is 2.20. The van der Waals surface area contributed by atoms with E-state index in [9.17, 15) is 18.8 Å². The zero-order chi connectivity index (χ0) is 17.8. The van der Waals surface area contributed by atoms with Crippen LogP contribution in [0.25, 0.3) is 5.69 Å². The molecular formula is C18H12F2N4O. The van der Waals surface area contributed by atoms with Crippen LogP contribution >= 0.6 is 0 Å². The van der Waals surface area contributed by atoms with Gasteiger partial charge in [0.2, 0.25) is 0 Å². The topological polar surface area (TPSA) is 70.7 Å². The number of aromatic nitrogens is 2. The van der Waals surface area contributed by atoms with E-state index in [-0.39, 0.29) is 11.1 Å². The quantitative estimate of drug-likeness (QED) is 0.794. The Labute approximate surface area is 142 Å². The third-order valence-corrected chi connectivity index (χ3v) is 3.54. The number of carbonyl (C=O) groups excluding carboxylic acids is 1. The summed E-state index contributed by atoms with van der Waals surface area (Å²) in [4.78, 5) is 12.3. The Morgan fingerprint density at radius 1 is 1.20 bits per heavy atom. The van der Waals surface area contributed by atoms with Gasteiger partial charge in [0.25, 0.3) is 5.91 Å². The van der Waals surface area contributed by atoms with Gasteiger partial charge in [0.15, 0.2) is 0 Å². The van der Waals surface area contributed by atoms with Crippen molar-refractivity contribution in [2.75, 3.05) is 0 Å². The standard InChI is InChI=1S/C18H12F2N4O/c19-13-6-7-15(16(20)8-13)17(9-21)23-18(25)12-10-22-24(11-12)14-4-2-1-3-5-14/h1-8,10-11,17H,(H,23,25).